The molecule has 0 radical (unpaired) electrons. The minimum Gasteiger partial charge on any atom is -0.492 e. The molecular weight excluding hydrogens is 337 g/mol. The average Bonchev–Trinajstić information content (AvgIpc) is 2.93. The van der Waals surface area contributed by atoms with Gasteiger partial charge in [-0.2, -0.15) is 13.2 Å². The maximum Gasteiger partial charge on any atom is 0.416 e. The SMILES string of the molecule is CC(C)N1CC(C(=O)NCCOc2cccc(C(F)(F)F)c2)CC1=O. The van der Waals surface area contributed by atoms with Crippen molar-refractivity contribution in [3.63, 3.8) is 0 Å². The minimum atomic E-state index is -4.43. The van der Waals surface area contributed by atoms with E-state index in [1.54, 1.807) is 4.90 Å². The van der Waals surface area contributed by atoms with Gasteiger partial charge in [-0.1, -0.05) is 6.07 Å². The summed E-state index contributed by atoms with van der Waals surface area (Å²) in [5.74, 6) is -0.603. The molecule has 0 aliphatic carbocycles. The number of carbonyl (C=O) groups excluding carboxylic acids is 2. The summed E-state index contributed by atoms with van der Waals surface area (Å²) >= 11 is 0. The Labute approximate surface area is 144 Å². The van der Waals surface area contributed by atoms with Crippen molar-refractivity contribution in [2.45, 2.75) is 32.5 Å². The monoisotopic (exact) mass is 358 g/mol. The Balaban J connectivity index is 1.76. The number of nitrogens with zero attached hydrogens (tertiary/aromatic N) is 1. The third kappa shape index (κ3) is 5.11. The summed E-state index contributed by atoms with van der Waals surface area (Å²) < 4.78 is 43.1. The van der Waals surface area contributed by atoms with Crippen molar-refractivity contribution in [1.29, 1.82) is 0 Å². The van der Waals surface area contributed by atoms with Gasteiger partial charge in [-0.3, -0.25) is 9.59 Å². The quantitative estimate of drug-likeness (QED) is 0.795. The Bertz CT molecular complexity index is 632. The first kappa shape index (κ1) is 19.1. The molecule has 2 amide bonds. The topological polar surface area (TPSA) is 58.6 Å². The molecule has 0 saturated carbocycles. The maximum atomic E-state index is 12.6. The third-order valence-electron chi connectivity index (χ3n) is 3.98. The lowest BCUT2D eigenvalue weighted by Gasteiger charge is -2.20. The molecule has 1 heterocycles. The van der Waals surface area contributed by atoms with Crippen LogP contribution in [0.3, 0.4) is 0 Å². The highest BCUT2D eigenvalue weighted by Gasteiger charge is 2.35. The Morgan fingerprint density at radius 1 is 1.40 bits per heavy atom. The maximum absolute atomic E-state index is 12.6. The smallest absolute Gasteiger partial charge is 0.416 e. The Kier molecular flexibility index (Phi) is 5.92. The summed E-state index contributed by atoms with van der Waals surface area (Å²) in [7, 11) is 0. The number of carbonyl (C=O) groups is 2. The second-order valence-corrected chi connectivity index (χ2v) is 6.21. The summed E-state index contributed by atoms with van der Waals surface area (Å²) in [5.41, 5.74) is -0.785. The molecule has 2 rings (SSSR count). The van der Waals surface area contributed by atoms with Crippen molar-refractivity contribution in [3.8, 4) is 5.75 Å². The van der Waals surface area contributed by atoms with E-state index in [-0.39, 0.29) is 43.2 Å². The summed E-state index contributed by atoms with van der Waals surface area (Å²) in [6, 6.07) is 4.62. The van der Waals surface area contributed by atoms with Crippen molar-refractivity contribution in [3.05, 3.63) is 29.8 Å². The van der Waals surface area contributed by atoms with Crippen LogP contribution in [0.4, 0.5) is 13.2 Å². The standard InChI is InChI=1S/C17H21F3N2O3/c1-11(2)22-10-12(8-15(22)23)16(24)21-6-7-25-14-5-3-4-13(9-14)17(18,19)20/h3-5,9,11-12H,6-8,10H2,1-2H3,(H,21,24). The number of nitrogens with one attached hydrogen (secondary N) is 1. The van der Waals surface area contributed by atoms with Crippen molar-refractivity contribution in [1.82, 2.24) is 10.2 Å². The molecule has 1 unspecified atom stereocenters. The van der Waals surface area contributed by atoms with Gasteiger partial charge in [-0.25, -0.2) is 0 Å². The van der Waals surface area contributed by atoms with Gasteiger partial charge in [0, 0.05) is 19.0 Å². The molecule has 1 fully saturated rings. The highest BCUT2D eigenvalue weighted by molar-refractivity contribution is 5.89. The van der Waals surface area contributed by atoms with Crippen LogP contribution in [0, 0.1) is 5.92 Å². The van der Waals surface area contributed by atoms with Gasteiger partial charge in [0.2, 0.25) is 11.8 Å². The predicted octanol–water partition coefficient (Wildman–Crippen LogP) is 2.46. The summed E-state index contributed by atoms with van der Waals surface area (Å²) in [6.45, 7) is 4.36. The second-order valence-electron chi connectivity index (χ2n) is 6.21. The van der Waals surface area contributed by atoms with E-state index in [4.69, 9.17) is 4.74 Å². The molecule has 0 spiro atoms. The van der Waals surface area contributed by atoms with Crippen LogP contribution >= 0.6 is 0 Å². The van der Waals surface area contributed by atoms with Crippen LogP contribution in [0.5, 0.6) is 5.75 Å². The van der Waals surface area contributed by atoms with Crippen molar-refractivity contribution in [2.75, 3.05) is 19.7 Å². The molecule has 25 heavy (non-hydrogen) atoms. The summed E-state index contributed by atoms with van der Waals surface area (Å²) in [5, 5.41) is 2.65. The fourth-order valence-electron chi connectivity index (χ4n) is 2.66. The summed E-state index contributed by atoms with van der Waals surface area (Å²) in [4.78, 5) is 25.5. The van der Waals surface area contributed by atoms with E-state index in [0.29, 0.717) is 6.54 Å². The highest BCUT2D eigenvalue weighted by atomic mass is 19.4. The molecule has 5 nitrogen and oxygen atoms in total. The first-order chi connectivity index (χ1) is 11.7. The van der Waals surface area contributed by atoms with Crippen molar-refractivity contribution >= 4 is 11.8 Å². The molecule has 1 aliphatic heterocycles. The minimum absolute atomic E-state index is 0.0433. The molecule has 138 valence electrons. The molecule has 1 aliphatic rings. The lowest BCUT2D eigenvalue weighted by Crippen LogP contribution is -2.36. The van der Waals surface area contributed by atoms with Gasteiger partial charge < -0.3 is 15.0 Å². The number of alkyl halides is 3. The number of amides is 2. The zero-order valence-electron chi connectivity index (χ0n) is 14.1. The lowest BCUT2D eigenvalue weighted by atomic mass is 10.1. The van der Waals surface area contributed by atoms with Crippen LogP contribution in [0.2, 0.25) is 0 Å². The predicted molar refractivity (Wildman–Crippen MR) is 84.9 cm³/mol. The van der Waals surface area contributed by atoms with Crippen LogP contribution in [-0.2, 0) is 15.8 Å². The van der Waals surface area contributed by atoms with Crippen LogP contribution < -0.4 is 10.1 Å². The zero-order valence-corrected chi connectivity index (χ0v) is 14.1. The van der Waals surface area contributed by atoms with Crippen LogP contribution in [0.1, 0.15) is 25.8 Å². The van der Waals surface area contributed by atoms with Gasteiger partial charge >= 0.3 is 6.18 Å². The van der Waals surface area contributed by atoms with Crippen LogP contribution in [0.25, 0.3) is 0 Å². The zero-order chi connectivity index (χ0) is 18.6. The number of likely N-dealkylation sites (tertiary alicyclic amines) is 1. The lowest BCUT2D eigenvalue weighted by molar-refractivity contribution is -0.137. The van der Waals surface area contributed by atoms with E-state index in [0.717, 1.165) is 12.1 Å². The number of rotatable bonds is 6. The largest absolute Gasteiger partial charge is 0.492 e. The van der Waals surface area contributed by atoms with Gasteiger partial charge in [-0.05, 0) is 32.0 Å². The molecule has 8 heteroatoms. The molecule has 1 aromatic rings. The molecule has 0 aromatic heterocycles. The van der Waals surface area contributed by atoms with E-state index in [1.807, 2.05) is 13.8 Å². The van der Waals surface area contributed by atoms with Gasteiger partial charge in [0.1, 0.15) is 12.4 Å². The first-order valence-corrected chi connectivity index (χ1v) is 8.05. The summed E-state index contributed by atoms with van der Waals surface area (Å²) in [6.07, 6.45) is -4.25. The van der Waals surface area contributed by atoms with E-state index in [2.05, 4.69) is 5.32 Å². The van der Waals surface area contributed by atoms with E-state index in [9.17, 15) is 22.8 Å². The van der Waals surface area contributed by atoms with E-state index >= 15 is 0 Å². The molecular formula is C17H21F3N2O3. The number of benzene rings is 1. The second kappa shape index (κ2) is 7.76. The first-order valence-electron chi connectivity index (χ1n) is 8.05. The van der Waals surface area contributed by atoms with Gasteiger partial charge in [0.15, 0.2) is 0 Å². The van der Waals surface area contributed by atoms with Gasteiger partial charge in [0.05, 0.1) is 18.0 Å². The normalized spacial score (nSPS) is 17.9. The Morgan fingerprint density at radius 2 is 2.12 bits per heavy atom. The molecule has 1 N–H and O–H groups in total. The van der Waals surface area contributed by atoms with Crippen LogP contribution in [0.15, 0.2) is 24.3 Å². The molecule has 1 aromatic carbocycles. The number of hydrogen-bond donors (Lipinski definition) is 1. The third-order valence-corrected chi connectivity index (χ3v) is 3.98. The Hall–Kier alpha value is -2.25. The number of hydrogen-bond acceptors (Lipinski definition) is 3. The average molecular weight is 358 g/mol. The molecule has 1 saturated heterocycles. The fourth-order valence-corrected chi connectivity index (χ4v) is 2.66. The van der Waals surface area contributed by atoms with E-state index < -0.39 is 17.7 Å². The fraction of sp³-hybridized carbons (Fsp3) is 0.529. The molecule has 0 bridgehead atoms. The number of halogens is 3. The van der Waals surface area contributed by atoms with Gasteiger partial charge in [0.25, 0.3) is 0 Å². The van der Waals surface area contributed by atoms with Crippen molar-refractivity contribution < 1.29 is 27.5 Å². The van der Waals surface area contributed by atoms with Crippen molar-refractivity contribution in [2.24, 2.45) is 5.92 Å². The highest BCUT2D eigenvalue weighted by Crippen LogP contribution is 2.31. The molecule has 1 atom stereocenters. The van der Waals surface area contributed by atoms with E-state index in [1.165, 1.54) is 12.1 Å². The van der Waals surface area contributed by atoms with Gasteiger partial charge in [-0.15, -0.1) is 0 Å². The van der Waals surface area contributed by atoms with Crippen LogP contribution in [-0.4, -0.2) is 42.5 Å². The number of ether oxygens (including phenoxy) is 1. The Morgan fingerprint density at radius 3 is 2.72 bits per heavy atom.